The van der Waals surface area contributed by atoms with Crippen molar-refractivity contribution in [3.05, 3.63) is 24.3 Å². The van der Waals surface area contributed by atoms with Crippen molar-refractivity contribution in [3.8, 4) is 5.75 Å². The van der Waals surface area contributed by atoms with Gasteiger partial charge in [-0.3, -0.25) is 4.79 Å². The molecule has 2 atom stereocenters. The summed E-state index contributed by atoms with van der Waals surface area (Å²) in [5.41, 5.74) is 5.79. The molecule has 7 nitrogen and oxygen atoms in total. The Balaban J connectivity index is 2.34. The number of rotatable bonds is 4. The van der Waals surface area contributed by atoms with E-state index in [1.165, 1.54) is 26.4 Å². The second-order valence-electron chi connectivity index (χ2n) is 4.78. The molecule has 0 radical (unpaired) electrons. The molecule has 1 aromatic carbocycles. The van der Waals surface area contributed by atoms with Gasteiger partial charge in [0, 0.05) is 12.6 Å². The first-order chi connectivity index (χ1) is 9.90. The van der Waals surface area contributed by atoms with Gasteiger partial charge in [0.1, 0.15) is 11.8 Å². The molecular formula is C13H18N2O5S. The highest BCUT2D eigenvalue weighted by atomic mass is 32.2. The summed E-state index contributed by atoms with van der Waals surface area (Å²) in [6, 6.07) is 4.71. The molecule has 0 amide bonds. The van der Waals surface area contributed by atoms with Crippen molar-refractivity contribution in [2.75, 3.05) is 20.8 Å². The fourth-order valence-corrected chi connectivity index (χ4v) is 3.98. The molecular weight excluding hydrogens is 296 g/mol. The van der Waals surface area contributed by atoms with Gasteiger partial charge in [0.2, 0.25) is 10.0 Å². The third kappa shape index (κ3) is 3.02. The van der Waals surface area contributed by atoms with Crippen molar-refractivity contribution in [3.63, 3.8) is 0 Å². The van der Waals surface area contributed by atoms with Gasteiger partial charge in [-0.25, -0.2) is 8.42 Å². The Labute approximate surface area is 123 Å². The molecule has 2 rings (SSSR count). The van der Waals surface area contributed by atoms with E-state index in [1.54, 1.807) is 12.1 Å². The first-order valence-corrected chi connectivity index (χ1v) is 7.83. The van der Waals surface area contributed by atoms with Crippen molar-refractivity contribution < 1.29 is 22.7 Å². The van der Waals surface area contributed by atoms with Crippen LogP contribution in [-0.2, 0) is 19.6 Å². The monoisotopic (exact) mass is 314 g/mol. The lowest BCUT2D eigenvalue weighted by molar-refractivity contribution is -0.144. The minimum Gasteiger partial charge on any atom is -0.497 e. The van der Waals surface area contributed by atoms with Crippen molar-refractivity contribution in [1.29, 1.82) is 0 Å². The van der Waals surface area contributed by atoms with Crippen LogP contribution < -0.4 is 10.5 Å². The summed E-state index contributed by atoms with van der Waals surface area (Å²) in [5.74, 6) is -0.0448. The fraction of sp³-hybridized carbons (Fsp3) is 0.462. The number of ether oxygens (including phenoxy) is 2. The van der Waals surface area contributed by atoms with E-state index in [1.807, 2.05) is 0 Å². The average molecular weight is 314 g/mol. The summed E-state index contributed by atoms with van der Waals surface area (Å²) < 4.78 is 36.0. The summed E-state index contributed by atoms with van der Waals surface area (Å²) in [6.45, 7) is 0.0914. The normalized spacial score (nSPS) is 23.0. The van der Waals surface area contributed by atoms with Gasteiger partial charge < -0.3 is 15.2 Å². The third-order valence-electron chi connectivity index (χ3n) is 3.43. The van der Waals surface area contributed by atoms with Crippen LogP contribution in [-0.4, -0.2) is 51.5 Å². The van der Waals surface area contributed by atoms with Crippen LogP contribution in [0.1, 0.15) is 6.42 Å². The molecule has 1 fully saturated rings. The van der Waals surface area contributed by atoms with Gasteiger partial charge >= 0.3 is 5.97 Å². The molecule has 1 aromatic rings. The number of hydrogen-bond acceptors (Lipinski definition) is 6. The van der Waals surface area contributed by atoms with Crippen molar-refractivity contribution in [1.82, 2.24) is 4.31 Å². The van der Waals surface area contributed by atoms with Crippen LogP contribution in [0.4, 0.5) is 0 Å². The Morgan fingerprint density at radius 1 is 1.29 bits per heavy atom. The van der Waals surface area contributed by atoms with Crippen LogP contribution in [0.25, 0.3) is 0 Å². The number of hydrogen-bond donors (Lipinski definition) is 1. The summed E-state index contributed by atoms with van der Waals surface area (Å²) in [4.78, 5) is 11.8. The molecule has 0 aliphatic carbocycles. The number of carbonyl (C=O) groups excluding carboxylic acids is 1. The lowest BCUT2D eigenvalue weighted by Crippen LogP contribution is -2.41. The van der Waals surface area contributed by atoms with Crippen molar-refractivity contribution in [2.24, 2.45) is 5.73 Å². The Morgan fingerprint density at radius 3 is 2.43 bits per heavy atom. The van der Waals surface area contributed by atoms with Crippen LogP contribution >= 0.6 is 0 Å². The molecule has 0 bridgehead atoms. The quantitative estimate of drug-likeness (QED) is 0.783. The lowest BCUT2D eigenvalue weighted by atomic mass is 10.2. The van der Waals surface area contributed by atoms with Crippen LogP contribution in [0.2, 0.25) is 0 Å². The van der Waals surface area contributed by atoms with Crippen LogP contribution in [0.3, 0.4) is 0 Å². The van der Waals surface area contributed by atoms with Gasteiger partial charge in [-0.2, -0.15) is 4.31 Å². The van der Waals surface area contributed by atoms with Crippen molar-refractivity contribution >= 4 is 16.0 Å². The number of nitrogens with zero attached hydrogens (tertiary/aromatic N) is 1. The highest BCUT2D eigenvalue weighted by molar-refractivity contribution is 7.89. The van der Waals surface area contributed by atoms with Gasteiger partial charge in [-0.05, 0) is 30.7 Å². The fourth-order valence-electron chi connectivity index (χ4n) is 2.34. The van der Waals surface area contributed by atoms with Gasteiger partial charge in [-0.15, -0.1) is 0 Å². The minimum atomic E-state index is -3.80. The van der Waals surface area contributed by atoms with E-state index < -0.39 is 22.0 Å². The largest absolute Gasteiger partial charge is 0.497 e. The summed E-state index contributed by atoms with van der Waals surface area (Å²) in [7, 11) is -1.08. The van der Waals surface area contributed by atoms with Gasteiger partial charge in [0.15, 0.2) is 0 Å². The zero-order valence-electron chi connectivity index (χ0n) is 11.9. The summed E-state index contributed by atoms with van der Waals surface area (Å²) in [5, 5.41) is 0. The topological polar surface area (TPSA) is 98.9 Å². The van der Waals surface area contributed by atoms with E-state index in [9.17, 15) is 13.2 Å². The third-order valence-corrected chi connectivity index (χ3v) is 5.32. The molecule has 8 heteroatoms. The molecule has 1 heterocycles. The predicted octanol–water partition coefficient (Wildman–Crippen LogP) is -0.0415. The number of carbonyl (C=O) groups is 1. The van der Waals surface area contributed by atoms with Crippen LogP contribution in [0, 0.1) is 0 Å². The Kier molecular flexibility index (Phi) is 4.50. The number of methoxy groups -OCH3 is 2. The second-order valence-corrected chi connectivity index (χ2v) is 6.68. The molecule has 0 aromatic heterocycles. The molecule has 1 aliphatic heterocycles. The highest BCUT2D eigenvalue weighted by Crippen LogP contribution is 2.27. The molecule has 1 aliphatic rings. The zero-order valence-corrected chi connectivity index (χ0v) is 12.7. The van der Waals surface area contributed by atoms with E-state index in [2.05, 4.69) is 4.74 Å². The smallest absolute Gasteiger partial charge is 0.324 e. The van der Waals surface area contributed by atoms with E-state index in [0.29, 0.717) is 5.75 Å². The number of benzene rings is 1. The van der Waals surface area contributed by atoms with Crippen LogP contribution in [0.15, 0.2) is 29.2 Å². The zero-order chi connectivity index (χ0) is 15.6. The van der Waals surface area contributed by atoms with Gasteiger partial charge in [0.05, 0.1) is 19.1 Å². The summed E-state index contributed by atoms with van der Waals surface area (Å²) >= 11 is 0. The number of esters is 1. The Bertz CT molecular complexity index is 614. The molecule has 0 unspecified atom stereocenters. The molecule has 0 saturated carbocycles. The maximum Gasteiger partial charge on any atom is 0.324 e. The van der Waals surface area contributed by atoms with Gasteiger partial charge in [0.25, 0.3) is 0 Å². The lowest BCUT2D eigenvalue weighted by Gasteiger charge is -2.22. The van der Waals surface area contributed by atoms with E-state index >= 15 is 0 Å². The van der Waals surface area contributed by atoms with Gasteiger partial charge in [-0.1, -0.05) is 0 Å². The first kappa shape index (κ1) is 15.7. The first-order valence-electron chi connectivity index (χ1n) is 6.39. The molecule has 116 valence electrons. The van der Waals surface area contributed by atoms with E-state index in [0.717, 1.165) is 4.31 Å². The maximum absolute atomic E-state index is 12.6. The Hall–Kier alpha value is -1.64. The predicted molar refractivity (Wildman–Crippen MR) is 75.3 cm³/mol. The van der Waals surface area contributed by atoms with E-state index in [-0.39, 0.29) is 23.9 Å². The minimum absolute atomic E-state index is 0.0892. The van der Waals surface area contributed by atoms with E-state index in [4.69, 9.17) is 10.5 Å². The highest BCUT2D eigenvalue weighted by Gasteiger charge is 2.43. The standard InChI is InChI=1S/C13H18N2O5S/c1-19-10-3-5-11(6-4-10)21(17,18)15-8-9(14)7-12(15)13(16)20-2/h3-6,9,12H,7-8,14H2,1-2H3/t9-,12+/m0/s1. The molecule has 0 spiro atoms. The van der Waals surface area contributed by atoms with Crippen LogP contribution in [0.5, 0.6) is 5.75 Å². The molecule has 1 saturated heterocycles. The van der Waals surface area contributed by atoms with Crippen molar-refractivity contribution in [2.45, 2.75) is 23.4 Å². The molecule has 21 heavy (non-hydrogen) atoms. The Morgan fingerprint density at radius 2 is 1.90 bits per heavy atom. The maximum atomic E-state index is 12.6. The number of nitrogens with two attached hydrogens (primary N) is 1. The summed E-state index contributed by atoms with van der Waals surface area (Å²) in [6.07, 6.45) is 0.252. The second kappa shape index (κ2) is 6.00. The SMILES string of the molecule is COC(=O)[C@H]1C[C@H](N)CN1S(=O)(=O)c1ccc(OC)cc1. The molecule has 2 N–H and O–H groups in total. The average Bonchev–Trinajstić information content (AvgIpc) is 2.89. The number of sulfonamides is 1.